The first-order chi connectivity index (χ1) is 27.6. The summed E-state index contributed by atoms with van der Waals surface area (Å²) in [6.45, 7) is 4.54. The van der Waals surface area contributed by atoms with Crippen LogP contribution in [0.15, 0.2) is 72.9 Å². The van der Waals surface area contributed by atoms with Crippen LogP contribution in [0.2, 0.25) is 0 Å². The molecule has 0 rings (SSSR count). The summed E-state index contributed by atoms with van der Waals surface area (Å²) in [4.78, 5) is 37.0. The molecule has 0 aromatic heterocycles. The van der Waals surface area contributed by atoms with Gasteiger partial charge in [0.15, 0.2) is 12.1 Å². The molecule has 0 saturated carbocycles. The maximum Gasteiger partial charge on any atom is 0.362 e. The van der Waals surface area contributed by atoms with E-state index in [0.29, 0.717) is 19.3 Å². The van der Waals surface area contributed by atoms with E-state index in [1.165, 1.54) is 57.8 Å². The van der Waals surface area contributed by atoms with E-state index in [9.17, 15) is 19.5 Å². The summed E-state index contributed by atoms with van der Waals surface area (Å²) in [6, 6.07) is -0.626. The smallest absolute Gasteiger partial charge is 0.362 e. The van der Waals surface area contributed by atoms with E-state index in [-0.39, 0.29) is 42.7 Å². The number of carbonyl (C=O) groups excluding carboxylic acids is 2. The highest BCUT2D eigenvalue weighted by Crippen LogP contribution is 2.13. The van der Waals surface area contributed by atoms with Crippen LogP contribution in [0, 0.1) is 0 Å². The van der Waals surface area contributed by atoms with Crippen LogP contribution in [-0.2, 0) is 28.6 Å². The first-order valence-corrected chi connectivity index (χ1v) is 22.5. The number of allylic oxidation sites excluding steroid dienone is 12. The Balaban J connectivity index is 4.41. The lowest BCUT2D eigenvalue weighted by Gasteiger charge is -2.31. The molecule has 8 heteroatoms. The number of carboxylic acids is 1. The number of hydrogen-bond acceptors (Lipinski definition) is 6. The number of quaternary nitrogens is 1. The van der Waals surface area contributed by atoms with Crippen molar-refractivity contribution in [1.82, 2.24) is 0 Å². The molecule has 326 valence electrons. The predicted octanol–water partition coefficient (Wildman–Crippen LogP) is 12.4. The SMILES string of the molecule is CC/C=C\C/C=C\C/C=C\C/C=C\CCCCC(=O)OC(COCCC(C(=O)O)[N+](C)(C)C)COC(=O)CCCCCCCCC/C=C\C/C=C\CCCCCC. The third-order valence-electron chi connectivity index (χ3n) is 9.59. The summed E-state index contributed by atoms with van der Waals surface area (Å²) in [5.74, 6) is -1.54. The second-order valence-corrected chi connectivity index (χ2v) is 15.9. The second-order valence-electron chi connectivity index (χ2n) is 15.9. The van der Waals surface area contributed by atoms with Crippen molar-refractivity contribution in [3.8, 4) is 0 Å². The number of nitrogens with zero attached hydrogens (tertiary/aromatic N) is 1. The molecule has 0 aliphatic heterocycles. The van der Waals surface area contributed by atoms with Gasteiger partial charge in [0, 0.05) is 19.3 Å². The number of ether oxygens (including phenoxy) is 3. The Morgan fingerprint density at radius 3 is 1.49 bits per heavy atom. The van der Waals surface area contributed by atoms with Crippen molar-refractivity contribution in [3.05, 3.63) is 72.9 Å². The van der Waals surface area contributed by atoms with E-state index in [1.807, 2.05) is 21.1 Å². The summed E-state index contributed by atoms with van der Waals surface area (Å²) in [5.41, 5.74) is 0. The van der Waals surface area contributed by atoms with Gasteiger partial charge in [0.2, 0.25) is 0 Å². The van der Waals surface area contributed by atoms with E-state index in [1.54, 1.807) is 0 Å². The Kier molecular flexibility index (Phi) is 37.3. The molecule has 0 amide bonds. The summed E-state index contributed by atoms with van der Waals surface area (Å²) >= 11 is 0. The molecular formula is C49H84NO7+. The molecule has 0 aromatic rings. The standard InChI is InChI=1S/C49H83NO7/c1-6-8-10-12-14-16-18-20-22-23-24-26-27-29-31-33-35-37-39-47(51)56-44-45(43-55-42-41-46(49(53)54)50(3,4)5)57-48(52)40-38-36-34-32-30-28-25-21-19-17-15-13-11-9-7-2/h9,11,15-18,21-23,25,30,32,45-46H,6-8,10,12-14,19-20,24,26-29,31,33-44H2,1-5H3/p+1/b11-9-,17-15-,18-16-,23-22-,25-21-,32-30-. The number of likely N-dealkylation sites (N-methyl/N-ethyl adjacent to an activating group) is 1. The molecule has 0 fully saturated rings. The minimum absolute atomic E-state index is 0.0382. The van der Waals surface area contributed by atoms with Crippen molar-refractivity contribution < 1.29 is 38.2 Å². The van der Waals surface area contributed by atoms with Gasteiger partial charge in [-0.05, 0) is 83.5 Å². The third-order valence-corrected chi connectivity index (χ3v) is 9.59. The van der Waals surface area contributed by atoms with E-state index in [2.05, 4.69) is 86.8 Å². The highest BCUT2D eigenvalue weighted by Gasteiger charge is 2.31. The average molecular weight is 799 g/mol. The van der Waals surface area contributed by atoms with Crippen LogP contribution in [-0.4, -0.2) is 80.6 Å². The quantitative estimate of drug-likeness (QED) is 0.0286. The van der Waals surface area contributed by atoms with Crippen molar-refractivity contribution in [2.24, 2.45) is 0 Å². The number of unbranched alkanes of at least 4 members (excludes halogenated alkanes) is 13. The van der Waals surface area contributed by atoms with Gasteiger partial charge in [0.1, 0.15) is 6.61 Å². The number of carboxylic acid groups (broad SMARTS) is 1. The van der Waals surface area contributed by atoms with Crippen LogP contribution in [0.3, 0.4) is 0 Å². The van der Waals surface area contributed by atoms with Crippen molar-refractivity contribution in [2.75, 3.05) is 41.0 Å². The Morgan fingerprint density at radius 2 is 0.982 bits per heavy atom. The summed E-state index contributed by atoms with van der Waals surface area (Å²) in [7, 11) is 5.50. The summed E-state index contributed by atoms with van der Waals surface area (Å²) in [6.07, 6.45) is 49.5. The van der Waals surface area contributed by atoms with Gasteiger partial charge in [0.25, 0.3) is 0 Å². The van der Waals surface area contributed by atoms with E-state index >= 15 is 0 Å². The monoisotopic (exact) mass is 799 g/mol. The van der Waals surface area contributed by atoms with Gasteiger partial charge >= 0.3 is 17.9 Å². The van der Waals surface area contributed by atoms with Gasteiger partial charge in [-0.2, -0.15) is 0 Å². The first-order valence-electron chi connectivity index (χ1n) is 22.5. The lowest BCUT2D eigenvalue weighted by atomic mass is 10.1. The molecule has 57 heavy (non-hydrogen) atoms. The lowest BCUT2D eigenvalue weighted by molar-refractivity contribution is -0.887. The highest BCUT2D eigenvalue weighted by molar-refractivity contribution is 5.72. The van der Waals surface area contributed by atoms with E-state index < -0.39 is 18.1 Å². The third kappa shape index (κ3) is 38.1. The van der Waals surface area contributed by atoms with Gasteiger partial charge in [-0.3, -0.25) is 9.59 Å². The molecular weight excluding hydrogens is 715 g/mol. The Labute approximate surface area is 349 Å². The Hall–Kier alpha value is -3.23. The van der Waals surface area contributed by atoms with Gasteiger partial charge in [-0.15, -0.1) is 0 Å². The molecule has 0 saturated heterocycles. The zero-order valence-electron chi connectivity index (χ0n) is 37.0. The maximum absolute atomic E-state index is 12.7. The molecule has 2 atom stereocenters. The molecule has 0 bridgehead atoms. The molecule has 0 aliphatic rings. The Bertz CT molecular complexity index is 1160. The fraction of sp³-hybridized carbons (Fsp3) is 0.694. The molecule has 0 heterocycles. The lowest BCUT2D eigenvalue weighted by Crippen LogP contribution is -2.50. The Morgan fingerprint density at radius 1 is 0.544 bits per heavy atom. The van der Waals surface area contributed by atoms with Crippen molar-refractivity contribution >= 4 is 17.9 Å². The van der Waals surface area contributed by atoms with Crippen molar-refractivity contribution in [3.63, 3.8) is 0 Å². The normalized spacial score (nSPS) is 13.6. The van der Waals surface area contributed by atoms with Crippen LogP contribution in [0.1, 0.15) is 168 Å². The fourth-order valence-corrected chi connectivity index (χ4v) is 6.11. The van der Waals surface area contributed by atoms with Gasteiger partial charge in [-0.1, -0.05) is 138 Å². The number of carbonyl (C=O) groups is 3. The van der Waals surface area contributed by atoms with Crippen LogP contribution in [0.5, 0.6) is 0 Å². The average Bonchev–Trinajstić information content (AvgIpc) is 3.17. The number of aliphatic carboxylic acids is 1. The molecule has 0 spiro atoms. The highest BCUT2D eigenvalue weighted by atomic mass is 16.6. The largest absolute Gasteiger partial charge is 0.477 e. The number of rotatable bonds is 39. The zero-order valence-corrected chi connectivity index (χ0v) is 37.0. The topological polar surface area (TPSA) is 99.1 Å². The van der Waals surface area contributed by atoms with Crippen molar-refractivity contribution in [2.45, 2.75) is 180 Å². The minimum Gasteiger partial charge on any atom is -0.477 e. The minimum atomic E-state index is -0.886. The molecule has 2 unspecified atom stereocenters. The van der Waals surface area contributed by atoms with E-state index in [4.69, 9.17) is 14.2 Å². The maximum atomic E-state index is 12.7. The molecule has 8 nitrogen and oxygen atoms in total. The van der Waals surface area contributed by atoms with E-state index in [0.717, 1.165) is 70.6 Å². The van der Waals surface area contributed by atoms with Crippen LogP contribution >= 0.6 is 0 Å². The molecule has 1 N–H and O–H groups in total. The summed E-state index contributed by atoms with van der Waals surface area (Å²) < 4.78 is 17.2. The van der Waals surface area contributed by atoms with Crippen molar-refractivity contribution in [1.29, 1.82) is 0 Å². The molecule has 0 aliphatic carbocycles. The first kappa shape index (κ1) is 53.8. The fourth-order valence-electron chi connectivity index (χ4n) is 6.11. The van der Waals surface area contributed by atoms with Gasteiger partial charge in [0.05, 0.1) is 34.4 Å². The summed E-state index contributed by atoms with van der Waals surface area (Å²) in [5, 5.41) is 9.62. The predicted molar refractivity (Wildman–Crippen MR) is 238 cm³/mol. The van der Waals surface area contributed by atoms with Gasteiger partial charge in [-0.25, -0.2) is 4.79 Å². The number of esters is 2. The zero-order chi connectivity index (χ0) is 42.1. The number of hydrogen-bond donors (Lipinski definition) is 1. The van der Waals surface area contributed by atoms with Crippen LogP contribution in [0.25, 0.3) is 0 Å². The molecule has 0 radical (unpaired) electrons. The van der Waals surface area contributed by atoms with Gasteiger partial charge < -0.3 is 23.8 Å². The van der Waals surface area contributed by atoms with Crippen LogP contribution in [0.4, 0.5) is 0 Å². The van der Waals surface area contributed by atoms with Crippen LogP contribution < -0.4 is 0 Å². The molecule has 0 aromatic carbocycles. The second kappa shape index (κ2) is 39.6.